The molecule has 2 unspecified atom stereocenters. The Labute approximate surface area is 352 Å². The van der Waals surface area contributed by atoms with Crippen molar-refractivity contribution >= 4 is 17.9 Å². The van der Waals surface area contributed by atoms with Crippen LogP contribution >= 0.6 is 0 Å². The topological polar surface area (TPSA) is 99.1 Å². The number of rotatable bonds is 44. The SMILES string of the molecule is CCCCCCCCCCCCC/C=C/CCCCCCCCCC(=O)OC(COCCC(C(=O)O)[N+](C)(C)C)COC(=O)CCCCCCCCCCCCC. The van der Waals surface area contributed by atoms with Gasteiger partial charge in [0.2, 0.25) is 0 Å². The van der Waals surface area contributed by atoms with Gasteiger partial charge in [-0.25, -0.2) is 4.79 Å². The van der Waals surface area contributed by atoms with Crippen molar-refractivity contribution in [3.63, 3.8) is 0 Å². The van der Waals surface area contributed by atoms with Gasteiger partial charge in [-0.1, -0.05) is 187 Å². The van der Waals surface area contributed by atoms with Crippen LogP contribution in [0.5, 0.6) is 0 Å². The average Bonchev–Trinajstić information content (AvgIpc) is 3.17. The van der Waals surface area contributed by atoms with Crippen molar-refractivity contribution in [2.45, 2.75) is 244 Å². The molecule has 336 valence electrons. The summed E-state index contributed by atoms with van der Waals surface area (Å²) in [5.74, 6) is -1.46. The van der Waals surface area contributed by atoms with Crippen molar-refractivity contribution in [2.75, 3.05) is 41.0 Å². The molecule has 57 heavy (non-hydrogen) atoms. The second kappa shape index (κ2) is 40.8. The molecule has 0 aromatic carbocycles. The molecule has 0 aromatic rings. The Bertz CT molecular complexity index is 947. The maximum absolute atomic E-state index is 12.7. The normalized spacial score (nSPS) is 12.9. The molecule has 0 saturated heterocycles. The zero-order chi connectivity index (χ0) is 42.1. The van der Waals surface area contributed by atoms with E-state index >= 15 is 0 Å². The fraction of sp³-hybridized carbons (Fsp3) is 0.898. The van der Waals surface area contributed by atoms with Crippen molar-refractivity contribution < 1.29 is 38.2 Å². The number of nitrogens with zero attached hydrogens (tertiary/aromatic N) is 1. The molecule has 0 bridgehead atoms. The van der Waals surface area contributed by atoms with Crippen LogP contribution in [0.15, 0.2) is 12.2 Å². The summed E-state index contributed by atoms with van der Waals surface area (Å²) in [5.41, 5.74) is 0. The van der Waals surface area contributed by atoms with E-state index in [2.05, 4.69) is 26.0 Å². The fourth-order valence-electron chi connectivity index (χ4n) is 7.38. The van der Waals surface area contributed by atoms with Gasteiger partial charge in [0, 0.05) is 19.3 Å². The monoisotopic (exact) mass is 809 g/mol. The van der Waals surface area contributed by atoms with Crippen molar-refractivity contribution in [2.24, 2.45) is 0 Å². The van der Waals surface area contributed by atoms with E-state index in [0.29, 0.717) is 19.3 Å². The van der Waals surface area contributed by atoms with Crippen LogP contribution in [0.25, 0.3) is 0 Å². The maximum Gasteiger partial charge on any atom is 0.362 e. The van der Waals surface area contributed by atoms with Gasteiger partial charge < -0.3 is 23.8 Å². The van der Waals surface area contributed by atoms with E-state index < -0.39 is 18.1 Å². The Kier molecular flexibility index (Phi) is 39.4. The number of likely N-dealkylation sites (N-methyl/N-ethyl adjacent to an activating group) is 1. The number of carboxylic acids is 1. The van der Waals surface area contributed by atoms with Gasteiger partial charge in [0.25, 0.3) is 0 Å². The maximum atomic E-state index is 12.7. The van der Waals surface area contributed by atoms with Crippen molar-refractivity contribution in [1.29, 1.82) is 0 Å². The molecule has 1 N–H and O–H groups in total. The molecule has 0 radical (unpaired) electrons. The number of allylic oxidation sites excluding steroid dienone is 2. The highest BCUT2D eigenvalue weighted by Crippen LogP contribution is 2.16. The standard InChI is InChI=1S/C49H93NO7/c1-6-8-10-12-14-16-18-19-20-21-22-23-24-25-26-27-28-30-32-34-36-38-40-48(52)57-45(43-55-42-41-46(49(53)54)50(3,4)5)44-56-47(51)39-37-35-33-31-29-17-15-13-11-9-7-2/h24-25,45-46H,6-23,26-44H2,1-5H3/p+1/b25-24+. The molecule has 8 heteroatoms. The molecule has 0 saturated carbocycles. The van der Waals surface area contributed by atoms with Gasteiger partial charge in [-0.15, -0.1) is 0 Å². The van der Waals surface area contributed by atoms with Crippen LogP contribution in [0.2, 0.25) is 0 Å². The van der Waals surface area contributed by atoms with Gasteiger partial charge in [-0.2, -0.15) is 0 Å². The summed E-state index contributed by atoms with van der Waals surface area (Å²) in [4.78, 5) is 37.0. The number of unbranched alkanes of at least 4 members (excludes halogenated alkanes) is 28. The van der Waals surface area contributed by atoms with E-state index in [1.54, 1.807) is 0 Å². The van der Waals surface area contributed by atoms with Crippen LogP contribution in [0.3, 0.4) is 0 Å². The molecule has 8 nitrogen and oxygen atoms in total. The third-order valence-corrected chi connectivity index (χ3v) is 11.2. The molecule has 0 aliphatic rings. The Balaban J connectivity index is 4.20. The van der Waals surface area contributed by atoms with Gasteiger partial charge in [0.15, 0.2) is 12.1 Å². The number of esters is 2. The predicted molar refractivity (Wildman–Crippen MR) is 239 cm³/mol. The Hall–Kier alpha value is -1.93. The number of hydrogen-bond acceptors (Lipinski definition) is 6. The van der Waals surface area contributed by atoms with E-state index in [0.717, 1.165) is 38.5 Å². The van der Waals surface area contributed by atoms with Gasteiger partial charge in [-0.05, 0) is 38.5 Å². The number of carboxylic acid groups (broad SMARTS) is 1. The molecule has 0 heterocycles. The van der Waals surface area contributed by atoms with Gasteiger partial charge >= 0.3 is 17.9 Å². The van der Waals surface area contributed by atoms with E-state index in [4.69, 9.17) is 14.2 Å². The van der Waals surface area contributed by atoms with Gasteiger partial charge in [-0.3, -0.25) is 9.59 Å². The second-order valence-corrected chi connectivity index (χ2v) is 17.7. The van der Waals surface area contributed by atoms with Crippen molar-refractivity contribution in [1.82, 2.24) is 0 Å². The molecular formula is C49H94NO7+. The summed E-state index contributed by atoms with van der Waals surface area (Å²) in [6, 6.07) is -0.611. The Morgan fingerprint density at radius 2 is 0.877 bits per heavy atom. The smallest absolute Gasteiger partial charge is 0.362 e. The van der Waals surface area contributed by atoms with Crippen LogP contribution in [0.4, 0.5) is 0 Å². The Morgan fingerprint density at radius 3 is 1.26 bits per heavy atom. The second-order valence-electron chi connectivity index (χ2n) is 17.7. The minimum absolute atomic E-state index is 0.0468. The minimum atomic E-state index is -0.872. The van der Waals surface area contributed by atoms with Crippen LogP contribution < -0.4 is 0 Å². The Morgan fingerprint density at radius 1 is 0.509 bits per heavy atom. The third-order valence-electron chi connectivity index (χ3n) is 11.2. The van der Waals surface area contributed by atoms with Gasteiger partial charge in [0.1, 0.15) is 6.61 Å². The number of ether oxygens (including phenoxy) is 3. The summed E-state index contributed by atoms with van der Waals surface area (Å²) in [5, 5.41) is 9.62. The lowest BCUT2D eigenvalue weighted by atomic mass is 10.0. The zero-order valence-corrected chi connectivity index (χ0v) is 38.3. The highest BCUT2D eigenvalue weighted by molar-refractivity contribution is 5.72. The van der Waals surface area contributed by atoms with E-state index in [9.17, 15) is 19.5 Å². The third kappa shape index (κ3) is 39.3. The van der Waals surface area contributed by atoms with Crippen molar-refractivity contribution in [3.05, 3.63) is 12.2 Å². The number of carbonyl (C=O) groups excluding carboxylic acids is 2. The van der Waals surface area contributed by atoms with Crippen LogP contribution in [0.1, 0.15) is 232 Å². The van der Waals surface area contributed by atoms with E-state index in [-0.39, 0.29) is 36.2 Å². The zero-order valence-electron chi connectivity index (χ0n) is 38.3. The fourth-order valence-corrected chi connectivity index (χ4v) is 7.38. The molecule has 2 atom stereocenters. The lowest BCUT2D eigenvalue weighted by Gasteiger charge is -2.31. The summed E-state index contributed by atoms with van der Waals surface area (Å²) in [6.45, 7) is 4.76. The number of carbonyl (C=O) groups is 3. The first-order valence-electron chi connectivity index (χ1n) is 24.2. The first-order valence-corrected chi connectivity index (χ1v) is 24.2. The average molecular weight is 809 g/mol. The van der Waals surface area contributed by atoms with Crippen LogP contribution in [-0.4, -0.2) is 80.6 Å². The largest absolute Gasteiger partial charge is 0.477 e. The summed E-state index contributed by atoms with van der Waals surface area (Å²) in [6.07, 6.45) is 44.0. The lowest BCUT2D eigenvalue weighted by molar-refractivity contribution is -0.887. The minimum Gasteiger partial charge on any atom is -0.477 e. The number of aliphatic carboxylic acids is 1. The predicted octanol–water partition coefficient (Wildman–Crippen LogP) is 13.5. The molecule has 0 spiro atoms. The molecule has 0 amide bonds. The molecule has 0 aromatic heterocycles. The van der Waals surface area contributed by atoms with Gasteiger partial charge in [0.05, 0.1) is 34.4 Å². The lowest BCUT2D eigenvalue weighted by Crippen LogP contribution is -2.50. The summed E-state index contributed by atoms with van der Waals surface area (Å²) < 4.78 is 17.3. The summed E-state index contributed by atoms with van der Waals surface area (Å²) in [7, 11) is 5.54. The van der Waals surface area contributed by atoms with Crippen molar-refractivity contribution in [3.8, 4) is 0 Å². The quantitative estimate of drug-likeness (QED) is 0.0283. The number of hydrogen-bond donors (Lipinski definition) is 1. The molecular weight excluding hydrogens is 715 g/mol. The van der Waals surface area contributed by atoms with Crippen LogP contribution in [0, 0.1) is 0 Å². The first kappa shape index (κ1) is 55.1. The summed E-state index contributed by atoms with van der Waals surface area (Å²) >= 11 is 0. The first-order chi connectivity index (χ1) is 27.6. The highest BCUT2D eigenvalue weighted by atomic mass is 16.6. The molecule has 0 aliphatic carbocycles. The van der Waals surface area contributed by atoms with E-state index in [1.165, 1.54) is 161 Å². The van der Waals surface area contributed by atoms with Crippen LogP contribution in [-0.2, 0) is 28.6 Å². The molecule has 0 fully saturated rings. The number of quaternary nitrogens is 1. The van der Waals surface area contributed by atoms with E-state index in [1.807, 2.05) is 21.1 Å². The molecule has 0 rings (SSSR count). The molecule has 0 aliphatic heterocycles. The highest BCUT2D eigenvalue weighted by Gasteiger charge is 2.31.